The average Bonchev–Trinajstić information content (AvgIpc) is 2.70. The van der Waals surface area contributed by atoms with Crippen LogP contribution in [0.25, 0.3) is 11.0 Å². The first-order valence-corrected chi connectivity index (χ1v) is 10.0. The summed E-state index contributed by atoms with van der Waals surface area (Å²) in [6.45, 7) is 4.46. The molecule has 1 heterocycles. The summed E-state index contributed by atoms with van der Waals surface area (Å²) in [5.41, 5.74) is 1.74. The number of anilines is 1. The fraction of sp³-hybridized carbons (Fsp3) is 0.261. The van der Waals surface area contributed by atoms with Crippen molar-refractivity contribution in [2.75, 3.05) is 11.9 Å². The Labute approximate surface area is 183 Å². The lowest BCUT2D eigenvalue weighted by Gasteiger charge is -2.12. The third-order valence-corrected chi connectivity index (χ3v) is 5.05. The molecule has 0 unspecified atom stereocenters. The largest absolute Gasteiger partial charge is 0.482 e. The maximum atomic E-state index is 12.3. The normalized spacial score (nSPS) is 11.9. The summed E-state index contributed by atoms with van der Waals surface area (Å²) in [6, 6.07) is 9.63. The molecule has 7 nitrogen and oxygen atoms in total. The van der Waals surface area contributed by atoms with Crippen LogP contribution in [0, 0.1) is 6.92 Å². The molecule has 0 aliphatic carbocycles. The number of nitrogens with one attached hydrogen (secondary N) is 1. The number of carbonyl (C=O) groups is 2. The first kappa shape index (κ1) is 22.5. The highest BCUT2D eigenvalue weighted by Crippen LogP contribution is 2.32. The second-order valence-electron chi connectivity index (χ2n) is 7.30. The van der Waals surface area contributed by atoms with Crippen molar-refractivity contribution >= 4 is 39.9 Å². The third-order valence-electron chi connectivity index (χ3n) is 4.75. The van der Waals surface area contributed by atoms with Crippen molar-refractivity contribution in [1.82, 2.24) is 0 Å². The lowest BCUT2D eigenvalue weighted by atomic mass is 10.0. The van der Waals surface area contributed by atoms with Crippen LogP contribution in [0.4, 0.5) is 5.69 Å². The number of aliphatic hydroxyl groups excluding tert-OH is 1. The number of rotatable bonds is 7. The molecule has 3 rings (SSSR count). The van der Waals surface area contributed by atoms with Crippen molar-refractivity contribution in [2.45, 2.75) is 33.3 Å². The molecule has 3 aromatic rings. The molecule has 162 valence electrons. The molecule has 1 atom stereocenters. The van der Waals surface area contributed by atoms with E-state index in [-0.39, 0.29) is 35.2 Å². The Kier molecular flexibility index (Phi) is 6.77. The third kappa shape index (κ3) is 5.31. The molecular formula is C23H22ClNO6. The van der Waals surface area contributed by atoms with Gasteiger partial charge in [0, 0.05) is 34.7 Å². The molecule has 0 aliphatic heterocycles. The Bertz CT molecular complexity index is 1210. The Hall–Kier alpha value is -3.16. The molecule has 0 bridgehead atoms. The van der Waals surface area contributed by atoms with Gasteiger partial charge in [-0.25, -0.2) is 4.79 Å². The second-order valence-corrected chi connectivity index (χ2v) is 7.71. The molecule has 0 saturated heterocycles. The van der Waals surface area contributed by atoms with Crippen molar-refractivity contribution in [2.24, 2.45) is 0 Å². The summed E-state index contributed by atoms with van der Waals surface area (Å²) in [6.07, 6.45) is -0.517. The van der Waals surface area contributed by atoms with Crippen LogP contribution < -0.4 is 15.7 Å². The van der Waals surface area contributed by atoms with Crippen LogP contribution in [0.1, 0.15) is 35.3 Å². The minimum absolute atomic E-state index is 0.108. The van der Waals surface area contributed by atoms with E-state index in [1.54, 1.807) is 44.2 Å². The number of ether oxygens (including phenoxy) is 1. The van der Waals surface area contributed by atoms with Crippen LogP contribution in [-0.2, 0) is 11.2 Å². The standard InChI is InChI=1S/C23H22ClNO6/c1-12(26)7-18-13(2)17-9-19(24)21(10-20(17)31-23(18)29)30-11-22(28)25-16-6-4-5-15(8-16)14(3)27/h4-6,8-10,12,26H,7,11H2,1-3H3,(H,25,28)/t12-/m0/s1. The average molecular weight is 444 g/mol. The van der Waals surface area contributed by atoms with Crippen molar-refractivity contribution in [3.63, 3.8) is 0 Å². The van der Waals surface area contributed by atoms with Gasteiger partial charge in [-0.05, 0) is 44.5 Å². The van der Waals surface area contributed by atoms with Crippen LogP contribution in [0.3, 0.4) is 0 Å². The van der Waals surface area contributed by atoms with Gasteiger partial charge in [0.2, 0.25) is 0 Å². The summed E-state index contributed by atoms with van der Waals surface area (Å²) < 4.78 is 10.9. The number of benzene rings is 2. The Balaban J connectivity index is 1.78. The minimum atomic E-state index is -0.688. The smallest absolute Gasteiger partial charge is 0.339 e. The number of carbonyl (C=O) groups excluding carboxylic acids is 2. The van der Waals surface area contributed by atoms with E-state index in [0.717, 1.165) is 0 Å². The number of amides is 1. The lowest BCUT2D eigenvalue weighted by molar-refractivity contribution is -0.118. The highest BCUT2D eigenvalue weighted by molar-refractivity contribution is 6.32. The number of aliphatic hydroxyl groups is 1. The van der Waals surface area contributed by atoms with Crippen LogP contribution in [0.15, 0.2) is 45.6 Å². The van der Waals surface area contributed by atoms with E-state index >= 15 is 0 Å². The number of Topliss-reactive ketones (excluding diaryl/α,β-unsaturated/α-hetero) is 1. The zero-order valence-electron chi connectivity index (χ0n) is 17.3. The van der Waals surface area contributed by atoms with Gasteiger partial charge in [0.1, 0.15) is 11.3 Å². The molecule has 0 aliphatic rings. The monoisotopic (exact) mass is 443 g/mol. The molecule has 0 saturated carbocycles. The number of hydrogen-bond donors (Lipinski definition) is 2. The summed E-state index contributed by atoms with van der Waals surface area (Å²) in [5, 5.41) is 13.1. The van der Waals surface area contributed by atoms with E-state index in [0.29, 0.717) is 27.8 Å². The minimum Gasteiger partial charge on any atom is -0.482 e. The molecule has 0 radical (unpaired) electrons. The maximum Gasteiger partial charge on any atom is 0.339 e. The fourth-order valence-corrected chi connectivity index (χ4v) is 3.41. The van der Waals surface area contributed by atoms with Crippen LogP contribution in [0.2, 0.25) is 5.02 Å². The predicted octanol–water partition coefficient (Wildman–Crippen LogP) is 3.90. The molecule has 1 aromatic heterocycles. The van der Waals surface area contributed by atoms with Crippen molar-refractivity contribution < 1.29 is 23.8 Å². The first-order valence-electron chi connectivity index (χ1n) is 9.63. The number of aryl methyl sites for hydroxylation is 1. The molecule has 8 heteroatoms. The first-order chi connectivity index (χ1) is 14.7. The summed E-state index contributed by atoms with van der Waals surface area (Å²) >= 11 is 6.31. The van der Waals surface area contributed by atoms with Gasteiger partial charge in [0.25, 0.3) is 5.91 Å². The van der Waals surface area contributed by atoms with Gasteiger partial charge in [-0.2, -0.15) is 0 Å². The van der Waals surface area contributed by atoms with Crippen LogP contribution >= 0.6 is 11.6 Å². The topological polar surface area (TPSA) is 106 Å². The predicted molar refractivity (Wildman–Crippen MR) is 118 cm³/mol. The van der Waals surface area contributed by atoms with Crippen LogP contribution in [-0.4, -0.2) is 29.5 Å². The quantitative estimate of drug-likeness (QED) is 0.423. The van der Waals surface area contributed by atoms with Gasteiger partial charge in [-0.15, -0.1) is 0 Å². The maximum absolute atomic E-state index is 12.3. The van der Waals surface area contributed by atoms with Crippen LogP contribution in [0.5, 0.6) is 5.75 Å². The highest BCUT2D eigenvalue weighted by Gasteiger charge is 2.16. The molecule has 2 N–H and O–H groups in total. The SMILES string of the molecule is CC(=O)c1cccc(NC(=O)COc2cc3oc(=O)c(C[C@H](C)O)c(C)c3cc2Cl)c1. The van der Waals surface area contributed by atoms with Gasteiger partial charge in [0.05, 0.1) is 11.1 Å². The van der Waals surface area contributed by atoms with E-state index in [9.17, 15) is 19.5 Å². The summed E-state index contributed by atoms with van der Waals surface area (Å²) in [5.74, 6) is -0.363. The van der Waals surface area contributed by atoms with E-state index in [4.69, 9.17) is 20.8 Å². The second kappa shape index (κ2) is 9.32. The highest BCUT2D eigenvalue weighted by atomic mass is 35.5. The number of fused-ring (bicyclic) bond motifs is 1. The Morgan fingerprint density at radius 3 is 2.68 bits per heavy atom. The van der Waals surface area contributed by atoms with E-state index in [1.807, 2.05) is 0 Å². The molecule has 0 spiro atoms. The van der Waals surface area contributed by atoms with Gasteiger partial charge in [-0.1, -0.05) is 23.7 Å². The van der Waals surface area contributed by atoms with Gasteiger partial charge in [-0.3, -0.25) is 9.59 Å². The lowest BCUT2D eigenvalue weighted by Crippen LogP contribution is -2.20. The Morgan fingerprint density at radius 1 is 1.26 bits per heavy atom. The van der Waals surface area contributed by atoms with E-state index in [2.05, 4.69) is 5.32 Å². The number of hydrogen-bond acceptors (Lipinski definition) is 6. The van der Waals surface area contributed by atoms with Gasteiger partial charge in [0.15, 0.2) is 12.4 Å². The zero-order chi connectivity index (χ0) is 22.7. The van der Waals surface area contributed by atoms with Crippen molar-refractivity contribution in [3.8, 4) is 5.75 Å². The molecule has 0 fully saturated rings. The van der Waals surface area contributed by atoms with Crippen molar-refractivity contribution in [3.05, 3.63) is 68.5 Å². The molecule has 2 aromatic carbocycles. The van der Waals surface area contributed by atoms with Gasteiger partial charge < -0.3 is 19.6 Å². The van der Waals surface area contributed by atoms with Crippen molar-refractivity contribution in [1.29, 1.82) is 0 Å². The fourth-order valence-electron chi connectivity index (χ4n) is 3.19. The number of ketones is 1. The van der Waals surface area contributed by atoms with E-state index in [1.165, 1.54) is 13.0 Å². The Morgan fingerprint density at radius 2 is 2.00 bits per heavy atom. The molecular weight excluding hydrogens is 422 g/mol. The zero-order valence-corrected chi connectivity index (χ0v) is 18.1. The van der Waals surface area contributed by atoms with Gasteiger partial charge >= 0.3 is 5.63 Å². The summed E-state index contributed by atoms with van der Waals surface area (Å²) in [7, 11) is 0. The number of halogens is 1. The molecule has 1 amide bonds. The molecule has 31 heavy (non-hydrogen) atoms. The summed E-state index contributed by atoms with van der Waals surface area (Å²) in [4.78, 5) is 36.0. The van der Waals surface area contributed by atoms with E-state index < -0.39 is 17.6 Å².